The van der Waals surface area contributed by atoms with E-state index in [9.17, 15) is 31.1 Å². The number of carbonyl (C=O) groups excluding carboxylic acids is 1. The van der Waals surface area contributed by atoms with Crippen molar-refractivity contribution >= 4 is 5.97 Å². The van der Waals surface area contributed by atoms with E-state index in [2.05, 4.69) is 9.72 Å². The first kappa shape index (κ1) is 21.4. The van der Waals surface area contributed by atoms with Crippen molar-refractivity contribution in [2.45, 2.75) is 18.9 Å². The third kappa shape index (κ3) is 4.64. The minimum atomic E-state index is -4.95. The van der Waals surface area contributed by atoms with Crippen molar-refractivity contribution in [3.05, 3.63) is 77.1 Å². The number of imidazole rings is 1. The zero-order valence-electron chi connectivity index (χ0n) is 15.4. The summed E-state index contributed by atoms with van der Waals surface area (Å²) in [6.45, 7) is -0.374. The zero-order chi connectivity index (χ0) is 22.1. The highest BCUT2D eigenvalue weighted by atomic mass is 19.4. The summed E-state index contributed by atoms with van der Waals surface area (Å²) >= 11 is 0. The summed E-state index contributed by atoms with van der Waals surface area (Å²) in [5, 5.41) is 0. The van der Waals surface area contributed by atoms with E-state index in [1.807, 2.05) is 0 Å². The highest BCUT2D eigenvalue weighted by molar-refractivity contribution is 5.87. The second-order valence-electron chi connectivity index (χ2n) is 6.35. The maximum Gasteiger partial charge on any atom is 0.416 e. The second-order valence-corrected chi connectivity index (χ2v) is 6.35. The molecule has 3 aromatic rings. The summed E-state index contributed by atoms with van der Waals surface area (Å²) in [5.41, 5.74) is -2.68. The molecule has 30 heavy (non-hydrogen) atoms. The molecule has 1 heterocycles. The molecule has 0 bridgehead atoms. The minimum absolute atomic E-state index is 0.0649. The first-order chi connectivity index (χ1) is 14.0. The average molecular weight is 428 g/mol. The van der Waals surface area contributed by atoms with Crippen LogP contribution in [0.25, 0.3) is 11.4 Å². The predicted molar refractivity (Wildman–Crippen MR) is 94.6 cm³/mol. The standard InChI is InChI=1S/C20H14F6N2O2/c1-30-18(29)16-11-28(17(27-16)13-5-3-2-4-6-13)10-12-7-14(19(21,22)23)9-15(8-12)20(24,25)26/h2-9,11H,10H2,1H3. The molecule has 10 heteroatoms. The van der Waals surface area contributed by atoms with Gasteiger partial charge in [-0.15, -0.1) is 0 Å². The van der Waals surface area contributed by atoms with Gasteiger partial charge in [-0.3, -0.25) is 0 Å². The average Bonchev–Trinajstić information content (AvgIpc) is 3.10. The number of alkyl halides is 6. The normalized spacial score (nSPS) is 12.1. The van der Waals surface area contributed by atoms with E-state index >= 15 is 0 Å². The monoisotopic (exact) mass is 428 g/mol. The molecule has 0 aliphatic heterocycles. The molecule has 4 nitrogen and oxygen atoms in total. The fourth-order valence-electron chi connectivity index (χ4n) is 2.86. The number of ether oxygens (including phenoxy) is 1. The number of nitrogens with zero attached hydrogens (tertiary/aromatic N) is 2. The molecule has 1 aromatic heterocycles. The molecule has 0 radical (unpaired) electrons. The van der Waals surface area contributed by atoms with Crippen LogP contribution in [0.2, 0.25) is 0 Å². The molecule has 3 rings (SSSR count). The van der Waals surface area contributed by atoms with Gasteiger partial charge in [-0.25, -0.2) is 9.78 Å². The van der Waals surface area contributed by atoms with Gasteiger partial charge >= 0.3 is 18.3 Å². The number of esters is 1. The fraction of sp³-hybridized carbons (Fsp3) is 0.200. The minimum Gasteiger partial charge on any atom is -0.464 e. The summed E-state index contributed by atoms with van der Waals surface area (Å²) in [6.07, 6.45) is -8.68. The molecule has 0 amide bonds. The summed E-state index contributed by atoms with van der Waals surface area (Å²) in [6, 6.07) is 9.72. The van der Waals surface area contributed by atoms with Gasteiger partial charge in [0.05, 0.1) is 18.2 Å². The molecule has 0 saturated carbocycles. The summed E-state index contributed by atoms with van der Waals surface area (Å²) in [7, 11) is 1.13. The molecule has 0 saturated heterocycles. The highest BCUT2D eigenvalue weighted by Gasteiger charge is 2.37. The summed E-state index contributed by atoms with van der Waals surface area (Å²) in [5.74, 6) is -0.590. The van der Waals surface area contributed by atoms with E-state index in [0.29, 0.717) is 17.7 Å². The lowest BCUT2D eigenvalue weighted by Crippen LogP contribution is -2.13. The van der Waals surface area contributed by atoms with E-state index < -0.39 is 29.4 Å². The van der Waals surface area contributed by atoms with Crippen molar-refractivity contribution in [2.24, 2.45) is 0 Å². The Morgan fingerprint density at radius 3 is 2.03 bits per heavy atom. The Bertz CT molecular complexity index is 1020. The van der Waals surface area contributed by atoms with Crippen molar-refractivity contribution in [1.29, 1.82) is 0 Å². The van der Waals surface area contributed by atoms with E-state index in [1.54, 1.807) is 30.3 Å². The van der Waals surface area contributed by atoms with Gasteiger partial charge in [-0.05, 0) is 23.8 Å². The molecule has 158 valence electrons. The van der Waals surface area contributed by atoms with Crippen LogP contribution in [0, 0.1) is 0 Å². The summed E-state index contributed by atoms with van der Waals surface area (Å²) in [4.78, 5) is 16.0. The van der Waals surface area contributed by atoms with Gasteiger partial charge in [-0.1, -0.05) is 30.3 Å². The van der Waals surface area contributed by atoms with Gasteiger partial charge in [-0.2, -0.15) is 26.3 Å². The zero-order valence-corrected chi connectivity index (χ0v) is 15.4. The number of rotatable bonds is 4. The van der Waals surface area contributed by atoms with Crippen LogP contribution in [-0.4, -0.2) is 22.6 Å². The van der Waals surface area contributed by atoms with Crippen LogP contribution in [-0.2, 0) is 23.6 Å². The van der Waals surface area contributed by atoms with Crippen LogP contribution in [0.3, 0.4) is 0 Å². The maximum atomic E-state index is 13.1. The van der Waals surface area contributed by atoms with Crippen LogP contribution >= 0.6 is 0 Å². The SMILES string of the molecule is COC(=O)c1cn(Cc2cc(C(F)(F)F)cc(C(F)(F)F)c2)c(-c2ccccc2)n1. The maximum absolute atomic E-state index is 13.1. The van der Waals surface area contributed by atoms with Crippen LogP contribution in [0.1, 0.15) is 27.2 Å². The van der Waals surface area contributed by atoms with Crippen molar-refractivity contribution in [2.75, 3.05) is 7.11 Å². The smallest absolute Gasteiger partial charge is 0.416 e. The number of hydrogen-bond acceptors (Lipinski definition) is 3. The Labute approximate surface area is 166 Å². The Morgan fingerprint density at radius 2 is 1.53 bits per heavy atom. The molecule has 0 N–H and O–H groups in total. The largest absolute Gasteiger partial charge is 0.464 e. The molecule has 0 aliphatic rings. The second kappa shape index (κ2) is 7.85. The third-order valence-electron chi connectivity index (χ3n) is 4.20. The Balaban J connectivity index is 2.11. The molecular weight excluding hydrogens is 414 g/mol. The van der Waals surface area contributed by atoms with Crippen LogP contribution < -0.4 is 0 Å². The van der Waals surface area contributed by atoms with Crippen LogP contribution in [0.15, 0.2) is 54.7 Å². The Hall–Kier alpha value is -3.30. The lowest BCUT2D eigenvalue weighted by atomic mass is 10.0. The number of methoxy groups -OCH3 is 1. The van der Waals surface area contributed by atoms with Gasteiger partial charge < -0.3 is 9.30 Å². The Kier molecular flexibility index (Phi) is 5.60. The van der Waals surface area contributed by atoms with E-state index in [1.165, 1.54) is 10.8 Å². The van der Waals surface area contributed by atoms with Gasteiger partial charge in [0.15, 0.2) is 5.69 Å². The molecular formula is C20H14F6N2O2. The van der Waals surface area contributed by atoms with E-state index in [0.717, 1.165) is 7.11 Å². The quantitative estimate of drug-likeness (QED) is 0.412. The van der Waals surface area contributed by atoms with Crippen molar-refractivity contribution in [3.8, 4) is 11.4 Å². The highest BCUT2D eigenvalue weighted by Crippen LogP contribution is 2.36. The van der Waals surface area contributed by atoms with Crippen LogP contribution in [0.4, 0.5) is 26.3 Å². The van der Waals surface area contributed by atoms with Gasteiger partial charge in [0.25, 0.3) is 0 Å². The summed E-state index contributed by atoms with van der Waals surface area (Å²) < 4.78 is 84.7. The number of aromatic nitrogens is 2. The van der Waals surface area contributed by atoms with Crippen molar-refractivity contribution < 1.29 is 35.9 Å². The number of benzene rings is 2. The van der Waals surface area contributed by atoms with E-state index in [4.69, 9.17) is 0 Å². The van der Waals surface area contributed by atoms with Gasteiger partial charge in [0.2, 0.25) is 0 Å². The molecule has 0 aliphatic carbocycles. The van der Waals surface area contributed by atoms with E-state index in [-0.39, 0.29) is 29.7 Å². The molecule has 0 fully saturated rings. The van der Waals surface area contributed by atoms with Crippen LogP contribution in [0.5, 0.6) is 0 Å². The third-order valence-corrected chi connectivity index (χ3v) is 4.20. The molecule has 0 spiro atoms. The fourth-order valence-corrected chi connectivity index (χ4v) is 2.86. The Morgan fingerprint density at radius 1 is 0.967 bits per heavy atom. The lowest BCUT2D eigenvalue weighted by Gasteiger charge is -2.15. The van der Waals surface area contributed by atoms with Crippen molar-refractivity contribution in [1.82, 2.24) is 9.55 Å². The number of hydrogen-bond donors (Lipinski definition) is 0. The lowest BCUT2D eigenvalue weighted by molar-refractivity contribution is -0.143. The predicted octanol–water partition coefficient (Wildman–Crippen LogP) is 5.42. The molecule has 0 atom stereocenters. The topological polar surface area (TPSA) is 44.1 Å². The molecule has 0 unspecified atom stereocenters. The number of halogens is 6. The first-order valence-corrected chi connectivity index (χ1v) is 8.48. The number of carbonyl (C=O) groups is 1. The molecule has 2 aromatic carbocycles. The van der Waals surface area contributed by atoms with Crippen molar-refractivity contribution in [3.63, 3.8) is 0 Å². The van der Waals surface area contributed by atoms with Gasteiger partial charge in [0.1, 0.15) is 5.82 Å². The van der Waals surface area contributed by atoms with Gasteiger partial charge in [0, 0.05) is 18.3 Å². The first-order valence-electron chi connectivity index (χ1n) is 8.48.